The monoisotopic (exact) mass is 249 g/mol. The number of rotatable bonds is 3. The van der Waals surface area contributed by atoms with E-state index in [0.29, 0.717) is 12.8 Å². The molecule has 0 amide bonds. The van der Waals surface area contributed by atoms with E-state index in [-0.39, 0.29) is 6.04 Å². The Hall–Kier alpha value is -0.970. The molecule has 0 spiro atoms. The SMILES string of the molecule is CN(C)Cc1ccc(C2(O)CCC(N)CC2)nc1. The molecule has 2 rings (SSSR count). The highest BCUT2D eigenvalue weighted by atomic mass is 16.3. The second-order valence-corrected chi connectivity index (χ2v) is 5.66. The third kappa shape index (κ3) is 3.07. The van der Waals surface area contributed by atoms with Gasteiger partial charge in [-0.05, 0) is 51.4 Å². The molecule has 1 heterocycles. The topological polar surface area (TPSA) is 62.4 Å². The van der Waals surface area contributed by atoms with Gasteiger partial charge in [0.1, 0.15) is 5.60 Å². The molecule has 100 valence electrons. The largest absolute Gasteiger partial charge is 0.384 e. The van der Waals surface area contributed by atoms with Crippen LogP contribution in [0.15, 0.2) is 18.3 Å². The fourth-order valence-electron chi connectivity index (χ4n) is 2.53. The molecule has 3 N–H and O–H groups in total. The Labute approximate surface area is 109 Å². The molecule has 1 saturated carbocycles. The molecular weight excluding hydrogens is 226 g/mol. The number of hydrogen-bond acceptors (Lipinski definition) is 4. The summed E-state index contributed by atoms with van der Waals surface area (Å²) in [5, 5.41) is 10.6. The van der Waals surface area contributed by atoms with Crippen LogP contribution in [-0.4, -0.2) is 35.1 Å². The lowest BCUT2D eigenvalue weighted by atomic mass is 9.80. The first-order valence-corrected chi connectivity index (χ1v) is 6.58. The van der Waals surface area contributed by atoms with Crippen molar-refractivity contribution in [1.29, 1.82) is 0 Å². The zero-order valence-electron chi connectivity index (χ0n) is 11.3. The Morgan fingerprint density at radius 3 is 2.56 bits per heavy atom. The van der Waals surface area contributed by atoms with Crippen molar-refractivity contribution in [1.82, 2.24) is 9.88 Å². The van der Waals surface area contributed by atoms with Gasteiger partial charge in [0, 0.05) is 18.8 Å². The van der Waals surface area contributed by atoms with Crippen LogP contribution in [0, 0.1) is 0 Å². The summed E-state index contributed by atoms with van der Waals surface area (Å²) >= 11 is 0. The average molecular weight is 249 g/mol. The van der Waals surface area contributed by atoms with Gasteiger partial charge < -0.3 is 15.7 Å². The summed E-state index contributed by atoms with van der Waals surface area (Å²) in [7, 11) is 4.06. The maximum atomic E-state index is 10.6. The first kappa shape index (κ1) is 13.5. The van der Waals surface area contributed by atoms with Gasteiger partial charge in [0.2, 0.25) is 0 Å². The molecule has 1 aliphatic rings. The summed E-state index contributed by atoms with van der Waals surface area (Å²) in [6.45, 7) is 0.872. The van der Waals surface area contributed by atoms with Gasteiger partial charge in [-0.15, -0.1) is 0 Å². The van der Waals surface area contributed by atoms with Crippen molar-refractivity contribution in [3.8, 4) is 0 Å². The van der Waals surface area contributed by atoms with E-state index in [1.807, 2.05) is 26.4 Å². The zero-order chi connectivity index (χ0) is 13.2. The molecule has 1 aliphatic carbocycles. The van der Waals surface area contributed by atoms with Crippen molar-refractivity contribution in [2.24, 2.45) is 5.73 Å². The molecule has 0 saturated heterocycles. The second-order valence-electron chi connectivity index (χ2n) is 5.66. The minimum Gasteiger partial charge on any atom is -0.384 e. The molecule has 0 unspecified atom stereocenters. The highest BCUT2D eigenvalue weighted by Gasteiger charge is 2.34. The van der Waals surface area contributed by atoms with E-state index in [9.17, 15) is 5.11 Å². The molecule has 0 aliphatic heterocycles. The first-order chi connectivity index (χ1) is 8.49. The number of nitrogens with zero attached hydrogens (tertiary/aromatic N) is 2. The van der Waals surface area contributed by atoms with Crippen molar-refractivity contribution in [2.75, 3.05) is 14.1 Å². The normalized spacial score (nSPS) is 28.6. The average Bonchev–Trinajstić information content (AvgIpc) is 2.33. The van der Waals surface area contributed by atoms with Gasteiger partial charge in [-0.1, -0.05) is 6.07 Å². The predicted molar refractivity (Wildman–Crippen MR) is 72.0 cm³/mol. The molecule has 4 nitrogen and oxygen atoms in total. The van der Waals surface area contributed by atoms with Crippen LogP contribution in [-0.2, 0) is 12.1 Å². The lowest BCUT2D eigenvalue weighted by molar-refractivity contribution is -0.00890. The van der Waals surface area contributed by atoms with Crippen LogP contribution in [0.2, 0.25) is 0 Å². The van der Waals surface area contributed by atoms with Gasteiger partial charge >= 0.3 is 0 Å². The number of aliphatic hydroxyl groups is 1. The van der Waals surface area contributed by atoms with Gasteiger partial charge in [0.05, 0.1) is 5.69 Å². The van der Waals surface area contributed by atoms with Crippen LogP contribution < -0.4 is 5.73 Å². The Morgan fingerprint density at radius 1 is 1.39 bits per heavy atom. The van der Waals surface area contributed by atoms with Crippen LogP contribution in [0.5, 0.6) is 0 Å². The van der Waals surface area contributed by atoms with Crippen molar-refractivity contribution in [3.63, 3.8) is 0 Å². The molecule has 0 radical (unpaired) electrons. The molecule has 0 atom stereocenters. The van der Waals surface area contributed by atoms with Crippen LogP contribution in [0.3, 0.4) is 0 Å². The van der Waals surface area contributed by atoms with E-state index < -0.39 is 5.60 Å². The fraction of sp³-hybridized carbons (Fsp3) is 0.643. The lowest BCUT2D eigenvalue weighted by Gasteiger charge is -2.34. The minimum absolute atomic E-state index is 0.235. The van der Waals surface area contributed by atoms with E-state index in [4.69, 9.17) is 5.73 Å². The number of aromatic nitrogens is 1. The van der Waals surface area contributed by atoms with Crippen molar-refractivity contribution in [2.45, 2.75) is 43.9 Å². The molecule has 4 heteroatoms. The maximum absolute atomic E-state index is 10.6. The number of hydrogen-bond donors (Lipinski definition) is 2. The molecule has 18 heavy (non-hydrogen) atoms. The van der Waals surface area contributed by atoms with Crippen LogP contribution >= 0.6 is 0 Å². The van der Waals surface area contributed by atoms with Crippen LogP contribution in [0.4, 0.5) is 0 Å². The van der Waals surface area contributed by atoms with Crippen molar-refractivity contribution >= 4 is 0 Å². The van der Waals surface area contributed by atoms with Gasteiger partial charge in [-0.2, -0.15) is 0 Å². The number of nitrogens with two attached hydrogens (primary N) is 1. The van der Waals surface area contributed by atoms with E-state index in [1.54, 1.807) is 0 Å². The first-order valence-electron chi connectivity index (χ1n) is 6.58. The maximum Gasteiger partial charge on any atom is 0.107 e. The third-order valence-corrected chi connectivity index (χ3v) is 3.66. The van der Waals surface area contributed by atoms with E-state index in [2.05, 4.69) is 16.0 Å². The van der Waals surface area contributed by atoms with E-state index >= 15 is 0 Å². The fourth-order valence-corrected chi connectivity index (χ4v) is 2.53. The highest BCUT2D eigenvalue weighted by Crippen LogP contribution is 2.35. The summed E-state index contributed by atoms with van der Waals surface area (Å²) in [6, 6.07) is 4.24. The smallest absolute Gasteiger partial charge is 0.107 e. The zero-order valence-corrected chi connectivity index (χ0v) is 11.3. The van der Waals surface area contributed by atoms with Crippen molar-refractivity contribution < 1.29 is 5.11 Å². The van der Waals surface area contributed by atoms with Gasteiger partial charge in [-0.25, -0.2) is 0 Å². The molecule has 0 aromatic carbocycles. The predicted octanol–water partition coefficient (Wildman–Crippen LogP) is 1.23. The Balaban J connectivity index is 2.09. The molecular formula is C14H23N3O. The molecule has 1 fully saturated rings. The van der Waals surface area contributed by atoms with Gasteiger partial charge in [0.15, 0.2) is 0 Å². The van der Waals surface area contributed by atoms with E-state index in [1.165, 1.54) is 5.56 Å². The van der Waals surface area contributed by atoms with Gasteiger partial charge in [-0.3, -0.25) is 4.98 Å². The van der Waals surface area contributed by atoms with Crippen molar-refractivity contribution in [3.05, 3.63) is 29.6 Å². The summed E-state index contributed by atoms with van der Waals surface area (Å²) in [4.78, 5) is 6.54. The highest BCUT2D eigenvalue weighted by molar-refractivity contribution is 5.19. The standard InChI is InChI=1S/C14H23N3O/c1-17(2)10-11-3-4-13(16-9-11)14(18)7-5-12(15)6-8-14/h3-4,9,12,18H,5-8,10,15H2,1-2H3. The summed E-state index contributed by atoms with van der Waals surface area (Å²) in [5.74, 6) is 0. The number of pyridine rings is 1. The third-order valence-electron chi connectivity index (χ3n) is 3.66. The Bertz CT molecular complexity index is 381. The summed E-state index contributed by atoms with van der Waals surface area (Å²) < 4.78 is 0. The molecule has 0 bridgehead atoms. The summed E-state index contributed by atoms with van der Waals surface area (Å²) in [5.41, 5.74) is 7.06. The molecule has 1 aromatic rings. The Kier molecular flexibility index (Phi) is 4.00. The van der Waals surface area contributed by atoms with Gasteiger partial charge in [0.25, 0.3) is 0 Å². The summed E-state index contributed by atoms with van der Waals surface area (Å²) in [6.07, 6.45) is 5.04. The molecule has 1 aromatic heterocycles. The lowest BCUT2D eigenvalue weighted by Crippen LogP contribution is -2.37. The Morgan fingerprint density at radius 2 is 2.06 bits per heavy atom. The van der Waals surface area contributed by atoms with Crippen LogP contribution in [0.25, 0.3) is 0 Å². The quantitative estimate of drug-likeness (QED) is 0.846. The minimum atomic E-state index is -0.771. The second kappa shape index (κ2) is 5.34. The van der Waals surface area contributed by atoms with E-state index in [0.717, 1.165) is 25.1 Å². The van der Waals surface area contributed by atoms with Crippen LogP contribution in [0.1, 0.15) is 36.9 Å².